The van der Waals surface area contributed by atoms with Crippen LogP contribution in [0.15, 0.2) is 71.8 Å². The highest BCUT2D eigenvalue weighted by atomic mass is 28.4. The Bertz CT molecular complexity index is 1400. The first kappa shape index (κ1) is 25.3. The van der Waals surface area contributed by atoms with E-state index in [0.717, 1.165) is 10.4 Å². The van der Waals surface area contributed by atoms with Gasteiger partial charge in [0.2, 0.25) is 5.95 Å². The molecule has 9 nitrogen and oxygen atoms in total. The highest BCUT2D eigenvalue weighted by molar-refractivity contribution is 6.99. The molecule has 2 aromatic carbocycles. The fourth-order valence-corrected chi connectivity index (χ4v) is 9.73. The number of H-pyrrole nitrogens is 1. The average Bonchev–Trinajstić information content (AvgIpc) is 3.41. The predicted molar refractivity (Wildman–Crippen MR) is 141 cm³/mol. The Hall–Kier alpha value is -3.38. The van der Waals surface area contributed by atoms with E-state index < -0.39 is 38.5 Å². The van der Waals surface area contributed by atoms with Gasteiger partial charge in [-0.1, -0.05) is 81.4 Å². The van der Waals surface area contributed by atoms with E-state index in [1.165, 1.54) is 10.9 Å². The molecule has 4 atom stereocenters. The maximum absolute atomic E-state index is 15.4. The number of halogens is 1. The quantitative estimate of drug-likeness (QED) is 0.329. The molecule has 0 radical (unpaired) electrons. The summed E-state index contributed by atoms with van der Waals surface area (Å²) in [6.45, 7) is 6.37. The lowest BCUT2D eigenvalue weighted by Gasteiger charge is -2.43. The van der Waals surface area contributed by atoms with E-state index in [1.807, 2.05) is 36.4 Å². The number of imidazole rings is 1. The first-order valence-corrected chi connectivity index (χ1v) is 14.0. The van der Waals surface area contributed by atoms with Crippen molar-refractivity contribution < 1.29 is 18.7 Å². The molecule has 3 heterocycles. The summed E-state index contributed by atoms with van der Waals surface area (Å²) in [6, 6.07) is 20.1. The molecule has 4 N–H and O–H groups in total. The Labute approximate surface area is 214 Å². The number of hydrogen-bond acceptors (Lipinski definition) is 7. The van der Waals surface area contributed by atoms with Crippen molar-refractivity contribution in [2.45, 2.75) is 50.4 Å². The minimum Gasteiger partial charge on any atom is -0.405 e. The highest BCUT2D eigenvalue weighted by Crippen LogP contribution is 2.39. The Morgan fingerprint density at radius 3 is 2.30 bits per heavy atom. The number of aromatic nitrogens is 4. The number of nitrogens with one attached hydrogen (secondary N) is 1. The molecule has 0 amide bonds. The zero-order valence-electron chi connectivity index (χ0n) is 20.8. The van der Waals surface area contributed by atoms with E-state index in [1.54, 1.807) is 0 Å². The molecule has 1 saturated heterocycles. The minimum atomic E-state index is -2.92. The zero-order valence-corrected chi connectivity index (χ0v) is 21.8. The Kier molecular flexibility index (Phi) is 6.48. The number of hydrogen-bond donors (Lipinski definition) is 3. The van der Waals surface area contributed by atoms with Gasteiger partial charge >= 0.3 is 0 Å². The summed E-state index contributed by atoms with van der Waals surface area (Å²) < 4.78 is 29.5. The van der Waals surface area contributed by atoms with Crippen molar-refractivity contribution in [3.63, 3.8) is 0 Å². The van der Waals surface area contributed by atoms with E-state index in [-0.39, 0.29) is 28.8 Å². The highest BCUT2D eigenvalue weighted by Gasteiger charge is 2.52. The first-order chi connectivity index (χ1) is 17.6. The summed E-state index contributed by atoms with van der Waals surface area (Å²) in [5.74, 6) is -0.125. The van der Waals surface area contributed by atoms with Crippen LogP contribution >= 0.6 is 0 Å². The lowest BCUT2D eigenvalue weighted by atomic mass is 10.1. The van der Waals surface area contributed by atoms with Crippen LogP contribution in [0.4, 0.5) is 10.3 Å². The largest absolute Gasteiger partial charge is 0.405 e. The van der Waals surface area contributed by atoms with Gasteiger partial charge in [-0.15, -0.1) is 0 Å². The second kappa shape index (κ2) is 9.49. The molecule has 0 saturated carbocycles. The number of benzene rings is 2. The molecule has 4 aromatic rings. The number of nitrogens with two attached hydrogens (primary N) is 1. The third kappa shape index (κ3) is 4.27. The second-order valence-corrected chi connectivity index (χ2v) is 14.6. The number of aromatic amines is 1. The molecule has 2 aromatic heterocycles. The van der Waals surface area contributed by atoms with Crippen LogP contribution in [-0.2, 0) is 9.16 Å². The van der Waals surface area contributed by atoms with Gasteiger partial charge in [-0.05, 0) is 15.4 Å². The number of aliphatic hydroxyl groups is 1. The number of rotatable bonds is 6. The average molecular weight is 524 g/mol. The molecule has 1 aliphatic rings. The SMILES string of the molecule is CC(C)(C)[Si](OC[C@H]1O[C@@H](n2cnc3c(=O)[nH]c(N)nc32)[C@H](F)[C@@H]1O)(c1ccccc1)c1ccccc1. The molecule has 0 bridgehead atoms. The monoisotopic (exact) mass is 523 g/mol. The van der Waals surface area contributed by atoms with Crippen molar-refractivity contribution in [3.8, 4) is 0 Å². The van der Waals surface area contributed by atoms with Gasteiger partial charge in [0.15, 0.2) is 23.6 Å². The number of ether oxygens (including phenoxy) is 1. The van der Waals surface area contributed by atoms with E-state index in [4.69, 9.17) is 14.9 Å². The van der Waals surface area contributed by atoms with Crippen molar-refractivity contribution >= 4 is 35.8 Å². The molecular formula is C26H30FN5O4Si. The molecule has 0 unspecified atom stereocenters. The van der Waals surface area contributed by atoms with Gasteiger partial charge in [0.1, 0.15) is 12.2 Å². The number of anilines is 1. The smallest absolute Gasteiger partial charge is 0.280 e. The van der Waals surface area contributed by atoms with Crippen LogP contribution in [0.25, 0.3) is 11.2 Å². The Balaban J connectivity index is 1.49. The second-order valence-electron chi connectivity index (χ2n) is 10.2. The van der Waals surface area contributed by atoms with Gasteiger partial charge in [-0.25, -0.2) is 9.37 Å². The van der Waals surface area contributed by atoms with E-state index >= 15 is 4.39 Å². The van der Waals surface area contributed by atoms with Gasteiger partial charge in [-0.2, -0.15) is 4.98 Å². The maximum Gasteiger partial charge on any atom is 0.280 e. The van der Waals surface area contributed by atoms with E-state index in [9.17, 15) is 9.90 Å². The number of aliphatic hydroxyl groups excluding tert-OH is 1. The fraction of sp³-hybridized carbons (Fsp3) is 0.346. The number of nitrogen functional groups attached to an aromatic ring is 1. The molecular weight excluding hydrogens is 493 g/mol. The molecule has 11 heteroatoms. The van der Waals surface area contributed by atoms with Crippen molar-refractivity contribution in [2.24, 2.45) is 0 Å². The number of fused-ring (bicyclic) bond motifs is 1. The summed E-state index contributed by atoms with van der Waals surface area (Å²) in [4.78, 5) is 22.7. The third-order valence-electron chi connectivity index (χ3n) is 6.90. The summed E-state index contributed by atoms with van der Waals surface area (Å²) in [5.41, 5.74) is 5.22. The van der Waals surface area contributed by atoms with Crippen molar-refractivity contribution in [1.82, 2.24) is 19.5 Å². The minimum absolute atomic E-state index is 0.00602. The first-order valence-electron chi connectivity index (χ1n) is 12.1. The molecule has 37 heavy (non-hydrogen) atoms. The molecule has 1 fully saturated rings. The zero-order chi connectivity index (χ0) is 26.4. The van der Waals surface area contributed by atoms with Crippen LogP contribution in [0.3, 0.4) is 0 Å². The van der Waals surface area contributed by atoms with E-state index in [0.29, 0.717) is 0 Å². The molecule has 5 rings (SSSR count). The standard InChI is InChI=1S/C26H30FN5O4Si/c1-26(2,3)37(16-10-6-4-7-11-16,17-12-8-5-9-13-17)35-14-18-21(33)19(27)24(36-18)32-15-29-20-22(32)30-25(28)31-23(20)34/h4-13,15,18-19,21,24,33H,14H2,1-3H3,(H3,28,30,31,34)/t18-,19-,21-,24-/m1/s1. The molecule has 194 valence electrons. The summed E-state index contributed by atoms with van der Waals surface area (Å²) in [6.07, 6.45) is -4.20. The molecule has 1 aliphatic heterocycles. The van der Waals surface area contributed by atoms with Crippen molar-refractivity contribution in [3.05, 3.63) is 77.3 Å². The van der Waals surface area contributed by atoms with Gasteiger partial charge in [0.25, 0.3) is 13.9 Å². The maximum atomic E-state index is 15.4. The fourth-order valence-electron chi connectivity index (χ4n) is 5.16. The van der Waals surface area contributed by atoms with Gasteiger partial charge < -0.3 is 20.0 Å². The molecule has 0 spiro atoms. The van der Waals surface area contributed by atoms with Crippen LogP contribution in [0.5, 0.6) is 0 Å². The Morgan fingerprint density at radius 1 is 1.14 bits per heavy atom. The van der Waals surface area contributed by atoms with Gasteiger partial charge in [-0.3, -0.25) is 14.3 Å². The van der Waals surface area contributed by atoms with Crippen molar-refractivity contribution in [2.75, 3.05) is 12.3 Å². The number of alkyl halides is 1. The summed E-state index contributed by atoms with van der Waals surface area (Å²) >= 11 is 0. The lowest BCUT2D eigenvalue weighted by molar-refractivity contribution is -0.0428. The van der Waals surface area contributed by atoms with Crippen LogP contribution in [0.2, 0.25) is 5.04 Å². The number of nitrogens with zero attached hydrogens (tertiary/aromatic N) is 3. The predicted octanol–water partition coefficient (Wildman–Crippen LogP) is 1.87. The topological polar surface area (TPSA) is 128 Å². The van der Waals surface area contributed by atoms with Gasteiger partial charge in [0.05, 0.1) is 12.9 Å². The third-order valence-corrected chi connectivity index (χ3v) is 11.9. The summed E-state index contributed by atoms with van der Waals surface area (Å²) in [5, 5.41) is 12.7. The van der Waals surface area contributed by atoms with Crippen molar-refractivity contribution in [1.29, 1.82) is 0 Å². The van der Waals surface area contributed by atoms with Gasteiger partial charge in [0, 0.05) is 0 Å². The Morgan fingerprint density at radius 2 is 1.73 bits per heavy atom. The van der Waals surface area contributed by atoms with Crippen LogP contribution < -0.4 is 21.7 Å². The van der Waals surface area contributed by atoms with E-state index in [2.05, 4.69) is 60.0 Å². The normalized spacial score (nSPS) is 22.5. The summed E-state index contributed by atoms with van der Waals surface area (Å²) in [7, 11) is -2.92. The molecule has 0 aliphatic carbocycles. The van der Waals surface area contributed by atoms with Crippen LogP contribution in [0, 0.1) is 0 Å². The van der Waals surface area contributed by atoms with Crippen LogP contribution in [0.1, 0.15) is 27.0 Å². The van der Waals surface area contributed by atoms with Crippen LogP contribution in [-0.4, -0.2) is 57.9 Å². The lowest BCUT2D eigenvalue weighted by Crippen LogP contribution is -2.67.